The van der Waals surface area contributed by atoms with Crippen molar-refractivity contribution >= 4 is 17.3 Å². The van der Waals surface area contributed by atoms with Crippen molar-refractivity contribution < 1.29 is 22.5 Å². The standard InChI is InChI=1S/C10H10O5S/c11-10(15-16(12)13)6-7-1-2-9-8(5-7)3-4-14-9/h1-2,5H,3-4,6H2,(H,12,13). The first-order chi connectivity index (χ1) is 7.65. The molecular weight excluding hydrogens is 232 g/mol. The molecule has 6 heteroatoms. The van der Waals surface area contributed by atoms with Crippen LogP contribution in [-0.2, 0) is 33.2 Å². The van der Waals surface area contributed by atoms with Crippen LogP contribution in [-0.4, -0.2) is 21.3 Å². The number of carbonyl (C=O) groups is 1. The lowest BCUT2D eigenvalue weighted by molar-refractivity contribution is -0.133. The molecule has 0 saturated carbocycles. The normalized spacial score (nSPS) is 15.1. The van der Waals surface area contributed by atoms with E-state index in [1.807, 2.05) is 6.07 Å². The first-order valence-electron chi connectivity index (χ1n) is 4.72. The molecule has 5 nitrogen and oxygen atoms in total. The van der Waals surface area contributed by atoms with Gasteiger partial charge in [0.15, 0.2) is 0 Å². The number of ether oxygens (including phenoxy) is 1. The van der Waals surface area contributed by atoms with Gasteiger partial charge in [0.2, 0.25) is 0 Å². The summed E-state index contributed by atoms with van der Waals surface area (Å²) in [6.45, 7) is 0.657. The van der Waals surface area contributed by atoms with E-state index in [1.54, 1.807) is 12.1 Å². The second kappa shape index (κ2) is 4.63. The lowest BCUT2D eigenvalue weighted by Crippen LogP contribution is -2.09. The van der Waals surface area contributed by atoms with Crippen LogP contribution < -0.4 is 4.74 Å². The average Bonchev–Trinajstić information content (AvgIpc) is 2.63. The van der Waals surface area contributed by atoms with Crippen LogP contribution in [0.1, 0.15) is 11.1 Å². The smallest absolute Gasteiger partial charge is 0.360 e. The Kier molecular flexibility index (Phi) is 3.21. The van der Waals surface area contributed by atoms with Crippen LogP contribution in [0.5, 0.6) is 5.75 Å². The molecule has 86 valence electrons. The third kappa shape index (κ3) is 2.59. The topological polar surface area (TPSA) is 72.8 Å². The number of carbonyl (C=O) groups excluding carboxylic acids is 1. The molecule has 0 saturated heterocycles. The Labute approximate surface area is 94.9 Å². The molecule has 0 bridgehead atoms. The maximum absolute atomic E-state index is 11.1. The van der Waals surface area contributed by atoms with E-state index >= 15 is 0 Å². The van der Waals surface area contributed by atoms with E-state index in [2.05, 4.69) is 4.18 Å². The molecule has 2 rings (SSSR count). The predicted molar refractivity (Wildman–Crippen MR) is 56.2 cm³/mol. The van der Waals surface area contributed by atoms with Gasteiger partial charge >= 0.3 is 17.3 Å². The Bertz CT molecular complexity index is 443. The van der Waals surface area contributed by atoms with Gasteiger partial charge in [-0.1, -0.05) is 12.1 Å². The molecule has 1 atom stereocenters. The van der Waals surface area contributed by atoms with Crippen LogP contribution in [0.3, 0.4) is 0 Å². The van der Waals surface area contributed by atoms with Crippen LogP contribution in [0.25, 0.3) is 0 Å². The Morgan fingerprint density at radius 3 is 3.12 bits per heavy atom. The van der Waals surface area contributed by atoms with E-state index in [0.29, 0.717) is 6.61 Å². The van der Waals surface area contributed by atoms with Gasteiger partial charge in [-0.05, 0) is 17.2 Å². The molecule has 0 fully saturated rings. The van der Waals surface area contributed by atoms with Gasteiger partial charge in [0.25, 0.3) is 0 Å². The zero-order valence-corrected chi connectivity index (χ0v) is 9.16. The van der Waals surface area contributed by atoms with Gasteiger partial charge in [-0.15, -0.1) is 0 Å². The summed E-state index contributed by atoms with van der Waals surface area (Å²) >= 11 is -2.54. The van der Waals surface area contributed by atoms with E-state index in [1.165, 1.54) is 0 Å². The zero-order valence-electron chi connectivity index (χ0n) is 8.34. The van der Waals surface area contributed by atoms with Crippen molar-refractivity contribution in [2.24, 2.45) is 0 Å². The zero-order chi connectivity index (χ0) is 11.5. The van der Waals surface area contributed by atoms with E-state index in [-0.39, 0.29) is 6.42 Å². The minimum absolute atomic E-state index is 0.0143. The van der Waals surface area contributed by atoms with Gasteiger partial charge in [0.05, 0.1) is 13.0 Å². The SMILES string of the molecule is O=C(Cc1ccc2c(c1)CCO2)OS(=O)O. The van der Waals surface area contributed by atoms with Crippen molar-refractivity contribution in [2.75, 3.05) is 6.61 Å². The number of rotatable bonds is 3. The summed E-state index contributed by atoms with van der Waals surface area (Å²) in [5.41, 5.74) is 1.80. The maximum Gasteiger partial charge on any atom is 0.360 e. The predicted octanol–water partition coefficient (Wildman–Crippen LogP) is 0.844. The molecule has 1 heterocycles. The van der Waals surface area contributed by atoms with Gasteiger partial charge in [0.1, 0.15) is 5.75 Å². The number of hydrogen-bond acceptors (Lipinski definition) is 4. The fourth-order valence-corrected chi connectivity index (χ4v) is 1.84. The molecule has 1 aromatic carbocycles. The summed E-state index contributed by atoms with van der Waals surface area (Å²) in [5, 5.41) is 0. The highest BCUT2D eigenvalue weighted by Gasteiger charge is 2.14. The molecule has 0 amide bonds. The minimum Gasteiger partial charge on any atom is -0.493 e. The Hall–Kier alpha value is -1.40. The van der Waals surface area contributed by atoms with Crippen LogP contribution in [0.15, 0.2) is 18.2 Å². The van der Waals surface area contributed by atoms with Gasteiger partial charge in [-0.25, -0.2) is 0 Å². The number of fused-ring (bicyclic) bond motifs is 1. The summed E-state index contributed by atoms with van der Waals surface area (Å²) in [6.07, 6.45) is 0.809. The molecule has 1 unspecified atom stereocenters. The molecular formula is C10H10O5S. The third-order valence-corrected chi connectivity index (χ3v) is 2.60. The fourth-order valence-electron chi connectivity index (χ4n) is 1.63. The molecule has 0 spiro atoms. The minimum atomic E-state index is -2.54. The summed E-state index contributed by atoms with van der Waals surface area (Å²) in [5.74, 6) is 0.113. The highest BCUT2D eigenvalue weighted by molar-refractivity contribution is 7.74. The van der Waals surface area contributed by atoms with E-state index in [4.69, 9.17) is 9.29 Å². The fraction of sp³-hybridized carbons (Fsp3) is 0.300. The Balaban J connectivity index is 2.05. The van der Waals surface area contributed by atoms with E-state index in [9.17, 15) is 9.00 Å². The number of hydrogen-bond donors (Lipinski definition) is 1. The summed E-state index contributed by atoms with van der Waals surface area (Å²) in [6, 6.07) is 5.39. The van der Waals surface area contributed by atoms with Crippen LogP contribution >= 0.6 is 0 Å². The highest BCUT2D eigenvalue weighted by Crippen LogP contribution is 2.26. The van der Waals surface area contributed by atoms with Crippen molar-refractivity contribution in [2.45, 2.75) is 12.8 Å². The van der Waals surface area contributed by atoms with Crippen molar-refractivity contribution in [1.82, 2.24) is 0 Å². The Morgan fingerprint density at radius 1 is 1.56 bits per heavy atom. The molecule has 1 aliphatic rings. The second-order valence-corrected chi connectivity index (χ2v) is 3.99. The van der Waals surface area contributed by atoms with Gasteiger partial charge in [-0.2, -0.15) is 4.21 Å². The Morgan fingerprint density at radius 2 is 2.38 bits per heavy atom. The van der Waals surface area contributed by atoms with Crippen molar-refractivity contribution in [1.29, 1.82) is 0 Å². The maximum atomic E-state index is 11.1. The van der Waals surface area contributed by atoms with Gasteiger partial charge in [-0.3, -0.25) is 9.35 Å². The first-order valence-corrected chi connectivity index (χ1v) is 5.75. The van der Waals surface area contributed by atoms with E-state index < -0.39 is 17.3 Å². The van der Waals surface area contributed by atoms with Crippen LogP contribution in [0.4, 0.5) is 0 Å². The van der Waals surface area contributed by atoms with Crippen LogP contribution in [0, 0.1) is 0 Å². The largest absolute Gasteiger partial charge is 0.493 e. The average molecular weight is 242 g/mol. The highest BCUT2D eigenvalue weighted by atomic mass is 32.2. The molecule has 0 aromatic heterocycles. The third-order valence-electron chi connectivity index (χ3n) is 2.27. The molecule has 0 aliphatic carbocycles. The molecule has 1 aromatic rings. The van der Waals surface area contributed by atoms with Crippen molar-refractivity contribution in [3.63, 3.8) is 0 Å². The lowest BCUT2D eigenvalue weighted by atomic mass is 10.1. The second-order valence-electron chi connectivity index (χ2n) is 3.39. The van der Waals surface area contributed by atoms with Crippen molar-refractivity contribution in [3.8, 4) is 5.75 Å². The summed E-state index contributed by atoms with van der Waals surface area (Å²) in [4.78, 5) is 11.1. The molecule has 1 N–H and O–H groups in total. The van der Waals surface area contributed by atoms with Crippen molar-refractivity contribution in [3.05, 3.63) is 29.3 Å². The van der Waals surface area contributed by atoms with E-state index in [0.717, 1.165) is 23.3 Å². The molecule has 16 heavy (non-hydrogen) atoms. The summed E-state index contributed by atoms with van der Waals surface area (Å²) < 4.78 is 28.0. The van der Waals surface area contributed by atoms with Crippen LogP contribution in [0.2, 0.25) is 0 Å². The van der Waals surface area contributed by atoms with Gasteiger partial charge < -0.3 is 8.92 Å². The lowest BCUT2D eigenvalue weighted by Gasteiger charge is -2.02. The quantitative estimate of drug-likeness (QED) is 0.795. The summed E-state index contributed by atoms with van der Waals surface area (Å²) in [7, 11) is 0. The monoisotopic (exact) mass is 242 g/mol. The number of benzene rings is 1. The molecule has 1 aliphatic heterocycles. The first kappa shape index (κ1) is 11.1. The molecule has 0 radical (unpaired) electrons. The van der Waals surface area contributed by atoms with Gasteiger partial charge in [0, 0.05) is 6.42 Å².